The van der Waals surface area contributed by atoms with Crippen LogP contribution in [0.25, 0.3) is 0 Å². The van der Waals surface area contributed by atoms with Gasteiger partial charge in [-0.2, -0.15) is 0 Å². The third kappa shape index (κ3) is 4.28. The number of aliphatic hydroxyl groups is 1. The Labute approximate surface area is 215 Å². The maximum atomic E-state index is 12.1. The normalized spacial score (nSPS) is 38.2. The van der Waals surface area contributed by atoms with Gasteiger partial charge in [0, 0.05) is 12.0 Å². The highest BCUT2D eigenvalue weighted by atomic mass is 16.6. The van der Waals surface area contributed by atoms with E-state index in [2.05, 4.69) is 48.4 Å². The molecule has 192 valence electrons. The van der Waals surface area contributed by atoms with Crippen LogP contribution in [-0.4, -0.2) is 35.5 Å². The molecule has 1 amide bonds. The Balaban J connectivity index is 1.17. The molecule has 0 heterocycles. The molecule has 3 saturated carbocycles. The summed E-state index contributed by atoms with van der Waals surface area (Å²) >= 11 is 0. The largest absolute Gasteiger partial charge is 0.385 e. The summed E-state index contributed by atoms with van der Waals surface area (Å²) in [6, 6.07) is 10.1. The average Bonchev–Trinajstić information content (AvgIpc) is 3.16. The van der Waals surface area contributed by atoms with E-state index in [4.69, 9.17) is 11.3 Å². The van der Waals surface area contributed by atoms with Gasteiger partial charge in [0.1, 0.15) is 5.60 Å². The van der Waals surface area contributed by atoms with Crippen LogP contribution >= 0.6 is 0 Å². The molecular formula is C31H40N2O3. The lowest BCUT2D eigenvalue weighted by atomic mass is 9.46. The third-order valence-electron chi connectivity index (χ3n) is 10.3. The predicted molar refractivity (Wildman–Crippen MR) is 142 cm³/mol. The number of benzene rings is 1. The van der Waals surface area contributed by atoms with Crippen molar-refractivity contribution < 1.29 is 14.7 Å². The number of carbonyl (C=O) groups is 1. The van der Waals surface area contributed by atoms with Crippen molar-refractivity contribution in [3.05, 3.63) is 47.5 Å². The Morgan fingerprint density at radius 3 is 2.69 bits per heavy atom. The Bertz CT molecular complexity index is 1090. The molecule has 5 heteroatoms. The van der Waals surface area contributed by atoms with Crippen LogP contribution in [0.5, 0.6) is 0 Å². The summed E-state index contributed by atoms with van der Waals surface area (Å²) in [6.07, 6.45) is 16.9. The van der Waals surface area contributed by atoms with Gasteiger partial charge in [0.2, 0.25) is 0 Å². The van der Waals surface area contributed by atoms with Gasteiger partial charge in [0.15, 0.2) is 6.61 Å². The van der Waals surface area contributed by atoms with Crippen LogP contribution < -0.4 is 5.32 Å². The van der Waals surface area contributed by atoms with Crippen LogP contribution in [-0.2, 0) is 16.1 Å². The van der Waals surface area contributed by atoms with E-state index < -0.39 is 5.60 Å². The first-order chi connectivity index (χ1) is 17.3. The van der Waals surface area contributed by atoms with Crippen molar-refractivity contribution in [2.45, 2.75) is 77.2 Å². The number of rotatable bonds is 6. The van der Waals surface area contributed by atoms with Gasteiger partial charge in [-0.15, -0.1) is 6.42 Å². The van der Waals surface area contributed by atoms with Gasteiger partial charge < -0.3 is 15.3 Å². The van der Waals surface area contributed by atoms with Crippen LogP contribution in [0.1, 0.15) is 70.8 Å². The van der Waals surface area contributed by atoms with E-state index >= 15 is 0 Å². The monoisotopic (exact) mass is 488 g/mol. The minimum Gasteiger partial charge on any atom is -0.385 e. The summed E-state index contributed by atoms with van der Waals surface area (Å²) in [7, 11) is 0. The molecule has 0 aromatic heterocycles. The second kappa shape index (κ2) is 9.71. The van der Waals surface area contributed by atoms with Gasteiger partial charge in [-0.3, -0.25) is 4.79 Å². The Kier molecular flexibility index (Phi) is 6.76. The first-order valence-electron chi connectivity index (χ1n) is 13.7. The smallest absolute Gasteiger partial charge is 0.260 e. The number of carbonyl (C=O) groups excluding carboxylic acids is 1. The van der Waals surface area contributed by atoms with Gasteiger partial charge in [-0.25, -0.2) is 0 Å². The lowest BCUT2D eigenvalue weighted by Gasteiger charge is -2.58. The molecule has 4 aliphatic rings. The number of terminal acetylenes is 1. The molecule has 2 N–H and O–H groups in total. The Morgan fingerprint density at radius 2 is 1.92 bits per heavy atom. The van der Waals surface area contributed by atoms with Crippen molar-refractivity contribution in [2.24, 2.45) is 33.7 Å². The molecular weight excluding hydrogens is 448 g/mol. The van der Waals surface area contributed by atoms with Gasteiger partial charge in [0.25, 0.3) is 5.91 Å². The minimum atomic E-state index is -0.947. The van der Waals surface area contributed by atoms with Crippen molar-refractivity contribution in [1.29, 1.82) is 0 Å². The molecule has 0 aliphatic heterocycles. The summed E-state index contributed by atoms with van der Waals surface area (Å²) < 4.78 is 0. The zero-order valence-electron chi connectivity index (χ0n) is 21.8. The van der Waals surface area contributed by atoms with Crippen molar-refractivity contribution in [1.82, 2.24) is 5.32 Å². The highest BCUT2D eigenvalue weighted by Crippen LogP contribution is 2.67. The topological polar surface area (TPSA) is 70.9 Å². The summed E-state index contributed by atoms with van der Waals surface area (Å²) in [5, 5.41) is 18.4. The van der Waals surface area contributed by atoms with Gasteiger partial charge >= 0.3 is 0 Å². The number of hydrogen-bond donors (Lipinski definition) is 2. The van der Waals surface area contributed by atoms with E-state index in [1.54, 1.807) is 0 Å². The lowest BCUT2D eigenvalue weighted by Crippen LogP contribution is -2.54. The fourth-order valence-corrected chi connectivity index (χ4v) is 8.11. The molecule has 3 fully saturated rings. The van der Waals surface area contributed by atoms with E-state index in [0.717, 1.165) is 63.5 Å². The molecule has 36 heavy (non-hydrogen) atoms. The van der Waals surface area contributed by atoms with Crippen molar-refractivity contribution in [3.63, 3.8) is 0 Å². The second-order valence-corrected chi connectivity index (χ2v) is 11.9. The number of hydrogen-bond acceptors (Lipinski definition) is 4. The summed E-state index contributed by atoms with van der Waals surface area (Å²) in [4.78, 5) is 17.6. The van der Waals surface area contributed by atoms with E-state index in [1.807, 2.05) is 18.2 Å². The molecule has 4 aliphatic carbocycles. The molecule has 0 unspecified atom stereocenters. The number of allylic oxidation sites excluding steroid dienone is 2. The fourth-order valence-electron chi connectivity index (χ4n) is 8.11. The molecule has 6 atom stereocenters. The SMILES string of the molecule is C#C[C@@]1(O)CC[C@H]2[C@H]3CCC4=CC(=NOCC(=O)NCCc5ccccc5)CC[C@]4(C)[C@H]3CC[C@]21C. The summed E-state index contributed by atoms with van der Waals surface area (Å²) in [5.74, 6) is 4.41. The molecule has 0 spiro atoms. The fraction of sp³-hybridized carbons (Fsp3) is 0.613. The molecule has 1 aromatic carbocycles. The van der Waals surface area contributed by atoms with E-state index in [0.29, 0.717) is 24.3 Å². The van der Waals surface area contributed by atoms with Crippen molar-refractivity contribution >= 4 is 11.6 Å². The first-order valence-corrected chi connectivity index (χ1v) is 13.7. The highest BCUT2D eigenvalue weighted by Gasteiger charge is 2.63. The van der Waals surface area contributed by atoms with Crippen molar-refractivity contribution in [3.8, 4) is 12.3 Å². The van der Waals surface area contributed by atoms with Gasteiger partial charge in [-0.1, -0.05) is 60.8 Å². The third-order valence-corrected chi connectivity index (χ3v) is 10.3. The van der Waals surface area contributed by atoms with Crippen molar-refractivity contribution in [2.75, 3.05) is 13.2 Å². The second-order valence-electron chi connectivity index (χ2n) is 11.9. The van der Waals surface area contributed by atoms with Crippen LogP contribution in [0.3, 0.4) is 0 Å². The average molecular weight is 489 g/mol. The van der Waals surface area contributed by atoms with Crippen LogP contribution in [0.15, 0.2) is 47.1 Å². The van der Waals surface area contributed by atoms with Crippen LogP contribution in [0.2, 0.25) is 0 Å². The Hall–Kier alpha value is -2.58. The van der Waals surface area contributed by atoms with Crippen LogP contribution in [0, 0.1) is 40.9 Å². The summed E-state index contributed by atoms with van der Waals surface area (Å²) in [6.45, 7) is 5.22. The number of fused-ring (bicyclic) bond motifs is 5. The molecule has 0 radical (unpaired) electrons. The van der Waals surface area contributed by atoms with Crippen LogP contribution in [0.4, 0.5) is 0 Å². The summed E-state index contributed by atoms with van der Waals surface area (Å²) in [5.41, 5.74) is 2.70. The van der Waals surface area contributed by atoms with Gasteiger partial charge in [0.05, 0.1) is 5.71 Å². The zero-order chi connectivity index (χ0) is 25.4. The van der Waals surface area contributed by atoms with E-state index in [9.17, 15) is 9.90 Å². The van der Waals surface area contributed by atoms with E-state index in [1.165, 1.54) is 11.1 Å². The zero-order valence-corrected chi connectivity index (χ0v) is 21.8. The molecule has 0 bridgehead atoms. The maximum Gasteiger partial charge on any atom is 0.260 e. The Morgan fingerprint density at radius 1 is 1.14 bits per heavy atom. The predicted octanol–water partition coefficient (Wildman–Crippen LogP) is 5.05. The molecule has 1 aromatic rings. The number of nitrogens with zero attached hydrogens (tertiary/aromatic N) is 1. The number of oxime groups is 1. The minimum absolute atomic E-state index is 0.0538. The number of nitrogens with one attached hydrogen (secondary N) is 1. The maximum absolute atomic E-state index is 12.1. The van der Waals surface area contributed by atoms with E-state index in [-0.39, 0.29) is 23.3 Å². The molecule has 5 nitrogen and oxygen atoms in total. The van der Waals surface area contributed by atoms with Gasteiger partial charge in [-0.05, 0) is 92.6 Å². The first kappa shape index (κ1) is 25.1. The quantitative estimate of drug-likeness (QED) is 0.435. The number of amides is 1. The standard InChI is InChI=1S/C31H40N2O3/c1-4-31(35)18-14-27-25-11-10-23-20-24(12-16-29(23,2)26(25)13-17-30(27,31)3)33-36-21-28(34)32-19-15-22-8-6-5-7-9-22/h1,5-9,20,25-27,35H,10-19,21H2,2-3H3,(H,32,34)/t25-,26-,27-,29-,30+,31+/m0/s1. The molecule has 0 saturated heterocycles. The molecule has 5 rings (SSSR count). The lowest BCUT2D eigenvalue weighted by molar-refractivity contribution is -0.125. The highest BCUT2D eigenvalue weighted by molar-refractivity contribution is 5.96.